The van der Waals surface area contributed by atoms with Crippen LogP contribution >= 0.6 is 0 Å². The minimum absolute atomic E-state index is 0.300. The Morgan fingerprint density at radius 3 is 2.37 bits per heavy atom. The second kappa shape index (κ2) is 9.17. The zero-order valence-corrected chi connectivity index (χ0v) is 17.0. The molecule has 1 aromatic heterocycles. The van der Waals surface area contributed by atoms with Crippen molar-refractivity contribution in [2.45, 2.75) is 26.8 Å². The highest BCUT2D eigenvalue weighted by molar-refractivity contribution is 6.35. The van der Waals surface area contributed by atoms with Gasteiger partial charge in [-0.1, -0.05) is 30.3 Å². The first-order valence-electron chi connectivity index (χ1n) is 9.50. The first kappa shape index (κ1) is 21.0. The van der Waals surface area contributed by atoms with Crippen LogP contribution in [-0.4, -0.2) is 22.6 Å². The SMILES string of the molecule is Cc1cc(/C=N\NC(=O)C(=O)N[C@H](C)c2ccccc2)c(C)n1-c1ccc(F)cc1. The lowest BCUT2D eigenvalue weighted by molar-refractivity contribution is -0.139. The number of aryl methyl sites for hydroxylation is 1. The number of rotatable bonds is 5. The maximum absolute atomic E-state index is 13.2. The van der Waals surface area contributed by atoms with Crippen molar-refractivity contribution in [3.8, 4) is 5.69 Å². The molecule has 3 aromatic rings. The van der Waals surface area contributed by atoms with Crippen molar-refractivity contribution in [1.82, 2.24) is 15.3 Å². The van der Waals surface area contributed by atoms with Gasteiger partial charge < -0.3 is 9.88 Å². The average molecular weight is 406 g/mol. The summed E-state index contributed by atoms with van der Waals surface area (Å²) in [5.74, 6) is -1.91. The molecule has 0 spiro atoms. The van der Waals surface area contributed by atoms with Crippen LogP contribution in [0.25, 0.3) is 5.69 Å². The predicted molar refractivity (Wildman–Crippen MR) is 114 cm³/mol. The molecule has 2 aromatic carbocycles. The summed E-state index contributed by atoms with van der Waals surface area (Å²) < 4.78 is 15.1. The highest BCUT2D eigenvalue weighted by atomic mass is 19.1. The maximum Gasteiger partial charge on any atom is 0.329 e. The number of amides is 2. The highest BCUT2D eigenvalue weighted by Crippen LogP contribution is 2.20. The van der Waals surface area contributed by atoms with E-state index in [1.165, 1.54) is 18.3 Å². The molecular weight excluding hydrogens is 383 g/mol. The van der Waals surface area contributed by atoms with Gasteiger partial charge in [0.25, 0.3) is 0 Å². The largest absolute Gasteiger partial charge is 0.341 e. The molecule has 0 aliphatic rings. The molecule has 154 valence electrons. The van der Waals surface area contributed by atoms with Crippen LogP contribution in [0, 0.1) is 19.7 Å². The zero-order valence-electron chi connectivity index (χ0n) is 17.0. The molecule has 2 N–H and O–H groups in total. The van der Waals surface area contributed by atoms with Crippen LogP contribution in [0.2, 0.25) is 0 Å². The van der Waals surface area contributed by atoms with Crippen LogP contribution in [0.3, 0.4) is 0 Å². The van der Waals surface area contributed by atoms with E-state index in [9.17, 15) is 14.0 Å². The highest BCUT2D eigenvalue weighted by Gasteiger charge is 2.16. The Balaban J connectivity index is 1.63. The van der Waals surface area contributed by atoms with E-state index in [1.807, 2.05) is 54.8 Å². The fraction of sp³-hybridized carbons (Fsp3) is 0.174. The maximum atomic E-state index is 13.2. The Hall–Kier alpha value is -3.74. The number of hydrazone groups is 1. The summed E-state index contributed by atoms with van der Waals surface area (Å²) in [5.41, 5.74) is 6.55. The van der Waals surface area contributed by atoms with E-state index in [4.69, 9.17) is 0 Å². The quantitative estimate of drug-likeness (QED) is 0.386. The molecule has 1 atom stereocenters. The van der Waals surface area contributed by atoms with Gasteiger partial charge in [-0.15, -0.1) is 0 Å². The third-order valence-corrected chi connectivity index (χ3v) is 4.78. The lowest BCUT2D eigenvalue weighted by Gasteiger charge is -2.13. The Morgan fingerprint density at radius 1 is 1.03 bits per heavy atom. The summed E-state index contributed by atoms with van der Waals surface area (Å²) in [7, 11) is 0. The number of nitrogens with zero attached hydrogens (tertiary/aromatic N) is 2. The van der Waals surface area contributed by atoms with Crippen molar-refractivity contribution >= 4 is 18.0 Å². The fourth-order valence-electron chi connectivity index (χ4n) is 3.20. The van der Waals surface area contributed by atoms with Crippen molar-refractivity contribution in [2.75, 3.05) is 0 Å². The molecule has 0 bridgehead atoms. The Bertz CT molecular complexity index is 1070. The molecular formula is C23H23FN4O2. The van der Waals surface area contributed by atoms with Crippen molar-refractivity contribution in [2.24, 2.45) is 5.10 Å². The molecule has 0 unspecified atom stereocenters. The normalized spacial score (nSPS) is 12.0. The lowest BCUT2D eigenvalue weighted by atomic mass is 10.1. The van der Waals surface area contributed by atoms with Gasteiger partial charge in [0.1, 0.15) is 5.82 Å². The second-order valence-electron chi connectivity index (χ2n) is 6.94. The van der Waals surface area contributed by atoms with E-state index in [2.05, 4.69) is 15.8 Å². The monoisotopic (exact) mass is 406 g/mol. The summed E-state index contributed by atoms with van der Waals surface area (Å²) in [6.07, 6.45) is 1.48. The van der Waals surface area contributed by atoms with Gasteiger partial charge in [-0.25, -0.2) is 9.82 Å². The number of aromatic nitrogens is 1. The van der Waals surface area contributed by atoms with Crippen molar-refractivity contribution in [3.05, 3.63) is 89.0 Å². The molecule has 0 radical (unpaired) electrons. The van der Waals surface area contributed by atoms with E-state index < -0.39 is 11.8 Å². The van der Waals surface area contributed by atoms with E-state index >= 15 is 0 Å². The Kier molecular flexibility index (Phi) is 6.41. The van der Waals surface area contributed by atoms with Gasteiger partial charge in [-0.3, -0.25) is 9.59 Å². The minimum Gasteiger partial charge on any atom is -0.341 e. The van der Waals surface area contributed by atoms with Crippen molar-refractivity contribution in [3.63, 3.8) is 0 Å². The van der Waals surface area contributed by atoms with E-state index in [-0.39, 0.29) is 11.9 Å². The first-order chi connectivity index (χ1) is 14.4. The minimum atomic E-state index is -0.846. The third kappa shape index (κ3) is 4.81. The van der Waals surface area contributed by atoms with Crippen LogP contribution in [0.4, 0.5) is 4.39 Å². The Labute approximate surface area is 174 Å². The van der Waals surface area contributed by atoms with Gasteiger partial charge in [0, 0.05) is 22.6 Å². The molecule has 0 aliphatic heterocycles. The molecule has 0 saturated carbocycles. The fourth-order valence-corrected chi connectivity index (χ4v) is 3.20. The molecule has 7 heteroatoms. The average Bonchev–Trinajstić information content (AvgIpc) is 3.02. The van der Waals surface area contributed by atoms with E-state index in [0.29, 0.717) is 0 Å². The summed E-state index contributed by atoms with van der Waals surface area (Å²) >= 11 is 0. The van der Waals surface area contributed by atoms with Crippen molar-refractivity contribution < 1.29 is 14.0 Å². The molecule has 6 nitrogen and oxygen atoms in total. The van der Waals surface area contributed by atoms with Crippen LogP contribution in [0.15, 0.2) is 65.8 Å². The number of hydrogen-bond donors (Lipinski definition) is 2. The molecule has 0 saturated heterocycles. The van der Waals surface area contributed by atoms with Gasteiger partial charge in [-0.05, 0) is 56.7 Å². The molecule has 2 amide bonds. The third-order valence-electron chi connectivity index (χ3n) is 4.78. The smallest absolute Gasteiger partial charge is 0.329 e. The van der Waals surface area contributed by atoms with Gasteiger partial charge in [0.15, 0.2) is 0 Å². The standard InChI is InChI=1S/C23H23FN4O2/c1-15-13-19(17(3)28(15)21-11-9-20(24)10-12-21)14-25-27-23(30)22(29)26-16(2)18-7-5-4-6-8-18/h4-14,16H,1-3H3,(H,26,29)(H,27,30)/b25-14-/t16-/m1/s1. The first-order valence-corrected chi connectivity index (χ1v) is 9.50. The van der Waals surface area contributed by atoms with E-state index in [0.717, 1.165) is 28.2 Å². The predicted octanol–water partition coefficient (Wildman–Crippen LogP) is 3.56. The van der Waals surface area contributed by atoms with Crippen LogP contribution < -0.4 is 10.7 Å². The Morgan fingerprint density at radius 2 is 1.70 bits per heavy atom. The molecule has 3 rings (SSSR count). The van der Waals surface area contributed by atoms with Crippen LogP contribution in [0.5, 0.6) is 0 Å². The molecule has 30 heavy (non-hydrogen) atoms. The molecule has 0 aliphatic carbocycles. The van der Waals surface area contributed by atoms with Crippen LogP contribution in [0.1, 0.15) is 35.5 Å². The summed E-state index contributed by atoms with van der Waals surface area (Å²) in [4.78, 5) is 24.1. The van der Waals surface area contributed by atoms with Gasteiger partial charge in [0.05, 0.1) is 12.3 Å². The van der Waals surface area contributed by atoms with E-state index in [1.54, 1.807) is 19.1 Å². The number of halogens is 1. The lowest BCUT2D eigenvalue weighted by Crippen LogP contribution is -2.39. The summed E-state index contributed by atoms with van der Waals surface area (Å²) in [6, 6.07) is 17.1. The van der Waals surface area contributed by atoms with Crippen LogP contribution in [-0.2, 0) is 9.59 Å². The zero-order chi connectivity index (χ0) is 21.7. The van der Waals surface area contributed by atoms with Gasteiger partial charge in [-0.2, -0.15) is 5.10 Å². The second-order valence-corrected chi connectivity index (χ2v) is 6.94. The van der Waals surface area contributed by atoms with Gasteiger partial charge >= 0.3 is 11.8 Å². The number of nitrogens with one attached hydrogen (secondary N) is 2. The number of carbonyl (C=O) groups is 2. The number of carbonyl (C=O) groups excluding carboxylic acids is 2. The summed E-state index contributed by atoms with van der Waals surface area (Å²) in [6.45, 7) is 5.62. The molecule has 1 heterocycles. The van der Waals surface area contributed by atoms with Gasteiger partial charge in [0.2, 0.25) is 0 Å². The number of benzene rings is 2. The number of hydrogen-bond acceptors (Lipinski definition) is 3. The summed E-state index contributed by atoms with van der Waals surface area (Å²) in [5, 5.41) is 6.54. The molecule has 0 fully saturated rings. The van der Waals surface area contributed by atoms with Crippen molar-refractivity contribution in [1.29, 1.82) is 0 Å². The topological polar surface area (TPSA) is 75.5 Å².